The molecule has 1 aliphatic heterocycles. The molecule has 3 aliphatic rings. The van der Waals surface area contributed by atoms with Crippen LogP contribution >= 0.6 is 15.9 Å². The summed E-state index contributed by atoms with van der Waals surface area (Å²) in [6.45, 7) is 8.46. The number of halogens is 1. The second-order valence-electron chi connectivity index (χ2n) is 22.1. The van der Waals surface area contributed by atoms with Gasteiger partial charge in [0.1, 0.15) is 0 Å². The number of fused-ring (bicyclic) bond motifs is 2. The van der Waals surface area contributed by atoms with Crippen LogP contribution in [0.15, 0.2) is 215 Å². The summed E-state index contributed by atoms with van der Waals surface area (Å²) < 4.78 is 72.2. The molecule has 86 heavy (non-hydrogen) atoms. The van der Waals surface area contributed by atoms with Gasteiger partial charge in [-0.3, -0.25) is 9.36 Å². The minimum absolute atomic E-state index is 0. The van der Waals surface area contributed by atoms with Gasteiger partial charge in [0, 0.05) is 109 Å². The summed E-state index contributed by atoms with van der Waals surface area (Å²) in [5.41, 5.74) is 9.99. The number of benzene rings is 4. The van der Waals surface area contributed by atoms with Crippen molar-refractivity contribution in [1.82, 2.24) is 37.5 Å². The van der Waals surface area contributed by atoms with Gasteiger partial charge in [-0.2, -0.15) is 10.2 Å². The van der Waals surface area contributed by atoms with E-state index in [1.807, 2.05) is 32.6 Å². The third-order valence-corrected chi connectivity index (χ3v) is 19.9. The summed E-state index contributed by atoms with van der Waals surface area (Å²) >= 11 is 3.41. The van der Waals surface area contributed by atoms with E-state index in [1.54, 1.807) is 107 Å². The van der Waals surface area contributed by atoms with E-state index in [0.717, 1.165) is 75.2 Å². The van der Waals surface area contributed by atoms with Gasteiger partial charge in [0.15, 0.2) is 11.3 Å². The Morgan fingerprint density at radius 2 is 0.953 bits per heavy atom. The smallest absolute Gasteiger partial charge is 0.400 e. The normalized spacial score (nSPS) is 17.0. The van der Waals surface area contributed by atoms with E-state index in [-0.39, 0.29) is 70.8 Å². The third kappa shape index (κ3) is 13.8. The fourth-order valence-corrected chi connectivity index (χ4v) is 13.9. The van der Waals surface area contributed by atoms with Crippen LogP contribution in [0.5, 0.6) is 0 Å². The van der Waals surface area contributed by atoms with Gasteiger partial charge in [0.05, 0.1) is 33.4 Å². The zero-order chi connectivity index (χ0) is 57.4. The first kappa shape index (κ1) is 66.7. The predicted octanol–water partition coefficient (Wildman–Crippen LogP) is 15.9. The maximum atomic E-state index is 13.5. The van der Waals surface area contributed by atoms with Crippen LogP contribution in [0, 0.1) is 0 Å². The largest absolute Gasteiger partial charge is 0.490 e. The molecule has 0 spiro atoms. The third-order valence-electron chi connectivity index (χ3n) is 16.1. The number of aromatic nitrogens is 8. The van der Waals surface area contributed by atoms with Crippen molar-refractivity contribution in [3.63, 3.8) is 0 Å². The molecule has 10 aromatic rings. The molecule has 2 aliphatic carbocycles. The maximum absolute atomic E-state index is 13.5. The van der Waals surface area contributed by atoms with Crippen LogP contribution in [0.4, 0.5) is 0 Å². The molecule has 0 amide bonds. The molecule has 452 valence electrons. The van der Waals surface area contributed by atoms with Gasteiger partial charge in [-0.05, 0) is 158 Å². The summed E-state index contributed by atoms with van der Waals surface area (Å²) in [5, 5.41) is 10.0. The van der Waals surface area contributed by atoms with Crippen molar-refractivity contribution in [2.45, 2.75) is 121 Å². The monoisotopic (exact) mass is 1350 g/mol. The Kier molecular flexibility index (Phi) is 21.3. The van der Waals surface area contributed by atoms with Gasteiger partial charge in [-0.1, -0.05) is 131 Å². The minimum atomic E-state index is -3.81. The molecule has 1 saturated heterocycles. The first-order valence-electron chi connectivity index (χ1n) is 27.5. The van der Waals surface area contributed by atoms with Crippen molar-refractivity contribution in [2.24, 2.45) is 14.1 Å². The number of rotatable bonds is 10. The molecule has 13 rings (SSSR count). The number of hydrogen-bond acceptors (Lipinski definition) is 10. The Balaban J connectivity index is 0.000000188. The molecule has 14 nitrogen and oxygen atoms in total. The van der Waals surface area contributed by atoms with E-state index in [2.05, 4.69) is 138 Å². The van der Waals surface area contributed by atoms with Crippen molar-refractivity contribution in [3.8, 4) is 22.3 Å². The summed E-state index contributed by atoms with van der Waals surface area (Å²) in [4.78, 5) is 9.48. The molecule has 0 N–H and O–H groups in total. The minimum Gasteiger partial charge on any atom is -0.400 e. The molecule has 0 saturated carbocycles. The second kappa shape index (κ2) is 27.5. The Bertz CT molecular complexity index is 4210. The van der Waals surface area contributed by atoms with Crippen LogP contribution in [0.25, 0.3) is 49.9 Å². The molecule has 1 fully saturated rings. The molecular formula is C67H76BBrN8O6PdS2. The van der Waals surface area contributed by atoms with Gasteiger partial charge in [0.2, 0.25) is 0 Å². The quantitative estimate of drug-likeness (QED) is 0.121. The first-order chi connectivity index (χ1) is 39.4. The molecule has 19 heteroatoms. The molecule has 0 bridgehead atoms. The molecule has 2 atom stereocenters. The van der Waals surface area contributed by atoms with Crippen LogP contribution in [0.1, 0.15) is 117 Å². The Labute approximate surface area is 530 Å². The van der Waals surface area contributed by atoms with Gasteiger partial charge >= 0.3 is 7.12 Å². The summed E-state index contributed by atoms with van der Waals surface area (Å²) in [6.07, 6.45) is 24.9. The topological polar surface area (TPSA) is 158 Å². The van der Waals surface area contributed by atoms with E-state index >= 15 is 0 Å². The molecule has 6 aromatic heterocycles. The Morgan fingerprint density at radius 1 is 0.535 bits per heavy atom. The fraction of sp³-hybridized carbons (Fsp3) is 0.284. The zero-order valence-corrected chi connectivity index (χ0v) is 51.8. The van der Waals surface area contributed by atoms with E-state index in [9.17, 15) is 16.8 Å². The van der Waals surface area contributed by atoms with Crippen molar-refractivity contribution >= 4 is 70.7 Å². The molecule has 0 radical (unpaired) electrons. The van der Waals surface area contributed by atoms with Crippen LogP contribution in [-0.4, -0.2) is 72.6 Å². The van der Waals surface area contributed by atoms with Crippen LogP contribution in [0.2, 0.25) is 0 Å². The predicted molar refractivity (Wildman–Crippen MR) is 348 cm³/mol. The van der Waals surface area contributed by atoms with Gasteiger partial charge in [-0.15, -0.1) is 0 Å². The van der Waals surface area contributed by atoms with E-state index in [4.69, 9.17) is 14.3 Å². The van der Waals surface area contributed by atoms with Crippen molar-refractivity contribution in [1.29, 1.82) is 0 Å². The standard InChI is InChI=1S/C29H26N4O2S.C18H25BO2.C17H13BrN4O2S.3CH4.Pd/c1-32-19-25(18-31-32)28-20-33(36(34,35)26-10-6-3-7-11-26)29-27(28)16-24(17-30-29)23-14-12-22(13-15-23)21-8-4-2-5-9-21;1-17(2)18(3,4)21-19(20-17)16-12-10-15(11-13-16)14-8-6-5-7-9-14;1-21-10-12(8-20-21)16-11-22(17-15(16)7-13(18)9-19-17)25(23,24)14-5-3-2-4-6-14;;;;/h2-11,14,16-20,22H,12-13,15H2,1H3;5-9,12,15H,10-11,13H2,1-4H3;2-11H,1H3;3*1H4;. The van der Waals surface area contributed by atoms with Gasteiger partial charge in [-0.25, -0.2) is 34.7 Å². The van der Waals surface area contributed by atoms with E-state index in [0.29, 0.717) is 23.1 Å². The van der Waals surface area contributed by atoms with Crippen LogP contribution < -0.4 is 0 Å². The maximum Gasteiger partial charge on any atom is 0.490 e. The second-order valence-corrected chi connectivity index (χ2v) is 26.6. The average Bonchev–Trinajstić information content (AvgIpc) is 1.66. The summed E-state index contributed by atoms with van der Waals surface area (Å²) in [7, 11) is -4.05. The van der Waals surface area contributed by atoms with Crippen LogP contribution in [0.3, 0.4) is 0 Å². The van der Waals surface area contributed by atoms with Gasteiger partial charge in [0.25, 0.3) is 20.0 Å². The molecule has 2 unspecified atom stereocenters. The Hall–Kier alpha value is -6.81. The zero-order valence-electron chi connectivity index (χ0n) is 47.0. The van der Waals surface area contributed by atoms with Crippen molar-refractivity contribution in [3.05, 3.63) is 222 Å². The number of pyridine rings is 2. The molecular weight excluding hydrogens is 1270 g/mol. The Morgan fingerprint density at radius 3 is 1.36 bits per heavy atom. The van der Waals surface area contributed by atoms with E-state index < -0.39 is 20.0 Å². The van der Waals surface area contributed by atoms with Crippen LogP contribution in [-0.2, 0) is 63.9 Å². The van der Waals surface area contributed by atoms with E-state index in [1.165, 1.54) is 36.5 Å². The number of aryl methyl sites for hydroxylation is 2. The van der Waals surface area contributed by atoms with Crippen molar-refractivity contribution < 1.29 is 46.6 Å². The van der Waals surface area contributed by atoms with Gasteiger partial charge < -0.3 is 9.31 Å². The number of hydrogen-bond donors (Lipinski definition) is 0. The molecule has 4 aromatic carbocycles. The summed E-state index contributed by atoms with van der Waals surface area (Å²) in [5.74, 6) is 1.16. The fourth-order valence-electron chi connectivity index (χ4n) is 10.9. The van der Waals surface area contributed by atoms with Crippen molar-refractivity contribution in [2.75, 3.05) is 0 Å². The molecule has 7 heterocycles. The SMILES string of the molecule is C.C.C.CC1(C)OB(C2=CCC(c3ccccc3)CC2)OC1(C)C.Cn1cc(-c2cn(S(=O)(=O)c3ccccc3)c3ncc(Br)cc23)cn1.Cn1cc(-c2cn(S(=O)(=O)c3ccccc3)c3ncc(C4=CCC(c5ccccc5)CC4)cc23)cn1.[Pd]. The number of nitrogens with zero attached hydrogens (tertiary/aromatic N) is 8. The summed E-state index contributed by atoms with van der Waals surface area (Å²) in [6, 6.07) is 42.2. The number of allylic oxidation sites excluding steroid dienone is 4. The first-order valence-corrected chi connectivity index (χ1v) is 31.1. The average molecular weight is 1350 g/mol.